The van der Waals surface area contributed by atoms with Crippen molar-refractivity contribution >= 4 is 5.97 Å². The van der Waals surface area contributed by atoms with Gasteiger partial charge in [0.1, 0.15) is 5.70 Å². The van der Waals surface area contributed by atoms with E-state index in [4.69, 9.17) is 9.84 Å². The van der Waals surface area contributed by atoms with Crippen LogP contribution in [0.2, 0.25) is 0 Å². The summed E-state index contributed by atoms with van der Waals surface area (Å²) < 4.78 is 4.80. The summed E-state index contributed by atoms with van der Waals surface area (Å²) in [4.78, 5) is 12.9. The molecular formula is C9H20N2O3. The molecule has 0 fully saturated rings. The normalized spacial score (nSPS) is 9.71. The summed E-state index contributed by atoms with van der Waals surface area (Å²) in [5.74, 6) is -0.325. The molecule has 0 aliphatic carbocycles. The maximum absolute atomic E-state index is 11.1. The highest BCUT2D eigenvalue weighted by atomic mass is 16.5. The Kier molecular flexibility index (Phi) is 10.7. The maximum atomic E-state index is 11.1. The molecule has 0 aliphatic rings. The Labute approximate surface area is 85.4 Å². The lowest BCUT2D eigenvalue weighted by Crippen LogP contribution is -2.21. The molecule has 0 aromatic rings. The van der Waals surface area contributed by atoms with Crippen LogP contribution < -0.4 is 5.32 Å². The Bertz CT molecular complexity index is 179. The molecule has 2 N–H and O–H groups in total. The smallest absolute Gasteiger partial charge is 0.355 e. The first-order valence-corrected chi connectivity index (χ1v) is 4.29. The predicted molar refractivity (Wildman–Crippen MR) is 55.6 cm³/mol. The summed E-state index contributed by atoms with van der Waals surface area (Å²) in [5, 5.41) is 9.76. The first-order valence-electron chi connectivity index (χ1n) is 4.29. The fraction of sp³-hybridized carbons (Fsp3) is 0.667. The number of hydrogen-bond acceptors (Lipinski definition) is 5. The molecule has 0 aromatic heterocycles. The second-order valence-corrected chi connectivity index (χ2v) is 2.48. The Morgan fingerprint density at radius 2 is 2.00 bits per heavy atom. The molecule has 0 radical (unpaired) electrons. The van der Waals surface area contributed by atoms with Crippen LogP contribution in [0.4, 0.5) is 0 Å². The second-order valence-electron chi connectivity index (χ2n) is 2.48. The Morgan fingerprint density at radius 1 is 1.50 bits per heavy atom. The number of aliphatic hydroxyl groups is 1. The first-order chi connectivity index (χ1) is 6.61. The minimum Gasteiger partial charge on any atom is -0.461 e. The Morgan fingerprint density at radius 3 is 2.29 bits per heavy atom. The van der Waals surface area contributed by atoms with E-state index < -0.39 is 0 Å². The van der Waals surface area contributed by atoms with E-state index in [-0.39, 0.29) is 5.97 Å². The van der Waals surface area contributed by atoms with E-state index in [9.17, 15) is 4.79 Å². The van der Waals surface area contributed by atoms with Crippen molar-refractivity contribution < 1.29 is 14.6 Å². The van der Waals surface area contributed by atoms with Crippen molar-refractivity contribution in [2.24, 2.45) is 0 Å². The topological polar surface area (TPSA) is 61.8 Å². The summed E-state index contributed by atoms with van der Waals surface area (Å²) in [6.45, 7) is 2.17. The first kappa shape index (κ1) is 15.3. The highest BCUT2D eigenvalue weighted by Gasteiger charge is 2.07. The number of likely N-dealkylation sites (N-methyl/N-ethyl adjacent to an activating group) is 1. The van der Waals surface area contributed by atoms with Gasteiger partial charge < -0.3 is 20.1 Å². The minimum atomic E-state index is -0.325. The summed E-state index contributed by atoms with van der Waals surface area (Å²) in [6.07, 6.45) is 1.68. The SMILES string of the molecule is CCOC(=O)/C(=C/N(C)C)NC.CO. The number of nitrogens with one attached hydrogen (secondary N) is 1. The van der Waals surface area contributed by atoms with Gasteiger partial charge in [0.05, 0.1) is 6.61 Å². The molecule has 0 spiro atoms. The standard InChI is InChI=1S/C8H16N2O2.CH4O/c1-5-12-8(11)7(9-2)6-10(3)4;1-2/h6,9H,5H2,1-4H3;2H,1H3/b7-6-;. The zero-order valence-electron chi connectivity index (χ0n) is 9.50. The fourth-order valence-corrected chi connectivity index (χ4v) is 0.686. The van der Waals surface area contributed by atoms with Crippen LogP contribution in [0.5, 0.6) is 0 Å². The van der Waals surface area contributed by atoms with Gasteiger partial charge in [-0.25, -0.2) is 4.79 Å². The molecule has 0 saturated carbocycles. The van der Waals surface area contributed by atoms with Crippen LogP contribution in [0, 0.1) is 0 Å². The van der Waals surface area contributed by atoms with Gasteiger partial charge in [-0.1, -0.05) is 0 Å². The molecule has 14 heavy (non-hydrogen) atoms. The van der Waals surface area contributed by atoms with E-state index in [0.717, 1.165) is 7.11 Å². The van der Waals surface area contributed by atoms with Gasteiger partial charge >= 0.3 is 5.97 Å². The molecule has 0 heterocycles. The van der Waals surface area contributed by atoms with Crippen LogP contribution in [0.15, 0.2) is 11.9 Å². The number of nitrogens with zero attached hydrogens (tertiary/aromatic N) is 1. The van der Waals surface area contributed by atoms with Gasteiger partial charge in [0.2, 0.25) is 0 Å². The van der Waals surface area contributed by atoms with Gasteiger partial charge in [-0.2, -0.15) is 0 Å². The van der Waals surface area contributed by atoms with E-state index in [1.807, 2.05) is 14.1 Å². The van der Waals surface area contributed by atoms with E-state index in [2.05, 4.69) is 5.32 Å². The van der Waals surface area contributed by atoms with Crippen molar-refractivity contribution in [3.8, 4) is 0 Å². The van der Waals surface area contributed by atoms with Crippen molar-refractivity contribution in [1.82, 2.24) is 10.2 Å². The van der Waals surface area contributed by atoms with Crippen LogP contribution in [-0.2, 0) is 9.53 Å². The molecule has 0 aromatic carbocycles. The van der Waals surface area contributed by atoms with Crippen molar-refractivity contribution in [3.63, 3.8) is 0 Å². The highest BCUT2D eigenvalue weighted by Crippen LogP contribution is 1.93. The van der Waals surface area contributed by atoms with Crippen molar-refractivity contribution in [2.45, 2.75) is 6.92 Å². The Hall–Kier alpha value is -1.23. The summed E-state index contributed by atoms with van der Waals surface area (Å²) in [6, 6.07) is 0. The van der Waals surface area contributed by atoms with E-state index in [0.29, 0.717) is 12.3 Å². The lowest BCUT2D eigenvalue weighted by atomic mass is 10.4. The molecular weight excluding hydrogens is 184 g/mol. The summed E-state index contributed by atoms with van der Waals surface area (Å²) in [7, 11) is 6.37. The molecule has 0 aliphatic heterocycles. The molecule has 0 amide bonds. The third-order valence-electron chi connectivity index (χ3n) is 1.15. The van der Waals surface area contributed by atoms with Crippen LogP contribution in [-0.4, -0.2) is 50.8 Å². The average Bonchev–Trinajstić information content (AvgIpc) is 2.17. The van der Waals surface area contributed by atoms with E-state index >= 15 is 0 Å². The van der Waals surface area contributed by atoms with Crippen molar-refractivity contribution in [1.29, 1.82) is 0 Å². The fourth-order valence-electron chi connectivity index (χ4n) is 0.686. The van der Waals surface area contributed by atoms with Crippen molar-refractivity contribution in [2.75, 3.05) is 34.9 Å². The quantitative estimate of drug-likeness (QED) is 0.490. The zero-order chi connectivity index (χ0) is 11.6. The van der Waals surface area contributed by atoms with E-state index in [1.165, 1.54) is 0 Å². The van der Waals surface area contributed by atoms with E-state index in [1.54, 1.807) is 25.1 Å². The lowest BCUT2D eigenvalue weighted by molar-refractivity contribution is -0.139. The second kappa shape index (κ2) is 9.85. The number of carbonyl (C=O) groups is 1. The minimum absolute atomic E-state index is 0.325. The third-order valence-corrected chi connectivity index (χ3v) is 1.15. The highest BCUT2D eigenvalue weighted by molar-refractivity contribution is 5.87. The van der Waals surface area contributed by atoms with Gasteiger partial charge in [-0.05, 0) is 6.92 Å². The number of ether oxygens (including phenoxy) is 1. The molecule has 0 rings (SSSR count). The predicted octanol–water partition coefficient (Wildman–Crippen LogP) is -0.220. The van der Waals surface area contributed by atoms with Crippen LogP contribution in [0.25, 0.3) is 0 Å². The van der Waals surface area contributed by atoms with Crippen LogP contribution >= 0.6 is 0 Å². The molecule has 0 atom stereocenters. The lowest BCUT2D eigenvalue weighted by Gasteiger charge is -2.10. The van der Waals surface area contributed by atoms with Gasteiger partial charge in [-0.15, -0.1) is 0 Å². The number of carbonyl (C=O) groups excluding carboxylic acids is 1. The molecule has 5 nitrogen and oxygen atoms in total. The number of aliphatic hydroxyl groups excluding tert-OH is 1. The van der Waals surface area contributed by atoms with Gasteiger partial charge in [0.25, 0.3) is 0 Å². The largest absolute Gasteiger partial charge is 0.461 e. The van der Waals surface area contributed by atoms with Gasteiger partial charge in [0, 0.05) is 34.5 Å². The number of hydrogen-bond donors (Lipinski definition) is 2. The number of rotatable bonds is 4. The third kappa shape index (κ3) is 7.42. The van der Waals surface area contributed by atoms with Crippen LogP contribution in [0.3, 0.4) is 0 Å². The van der Waals surface area contributed by atoms with Crippen LogP contribution in [0.1, 0.15) is 6.92 Å². The molecule has 5 heteroatoms. The summed E-state index contributed by atoms with van der Waals surface area (Å²) in [5.41, 5.74) is 0.460. The van der Waals surface area contributed by atoms with Gasteiger partial charge in [-0.3, -0.25) is 0 Å². The summed E-state index contributed by atoms with van der Waals surface area (Å²) >= 11 is 0. The molecule has 84 valence electrons. The monoisotopic (exact) mass is 204 g/mol. The molecule has 0 unspecified atom stereocenters. The Balaban J connectivity index is 0. The van der Waals surface area contributed by atoms with Crippen molar-refractivity contribution in [3.05, 3.63) is 11.9 Å². The maximum Gasteiger partial charge on any atom is 0.355 e. The van der Waals surface area contributed by atoms with Gasteiger partial charge in [0.15, 0.2) is 0 Å². The average molecular weight is 204 g/mol. The number of esters is 1. The zero-order valence-corrected chi connectivity index (χ0v) is 9.50. The molecule has 0 saturated heterocycles. The molecule has 0 bridgehead atoms.